The first kappa shape index (κ1) is 11.2. The molecule has 1 aliphatic rings. The molecule has 4 nitrogen and oxygen atoms in total. The van der Waals surface area contributed by atoms with E-state index in [0.717, 1.165) is 23.8 Å². The lowest BCUT2D eigenvalue weighted by Gasteiger charge is -2.21. The molecule has 1 aromatic rings. The van der Waals surface area contributed by atoms with Crippen molar-refractivity contribution in [3.05, 3.63) is 17.2 Å². The molecule has 88 valence electrons. The zero-order valence-electron chi connectivity index (χ0n) is 9.86. The average Bonchev–Trinajstić information content (AvgIpc) is 2.53. The second-order valence-corrected chi connectivity index (χ2v) is 4.59. The lowest BCUT2D eigenvalue weighted by molar-refractivity contribution is -0.136. The number of carbonyl (C=O) groups is 1. The van der Waals surface area contributed by atoms with Crippen molar-refractivity contribution in [3.63, 3.8) is 0 Å². The molecule has 0 radical (unpaired) electrons. The number of aryl methyl sites for hydroxylation is 1. The normalized spacial score (nSPS) is 19.5. The predicted molar refractivity (Wildman–Crippen MR) is 60.6 cm³/mol. The van der Waals surface area contributed by atoms with Gasteiger partial charge in [-0.25, -0.2) is 4.98 Å². The maximum absolute atomic E-state index is 10.6. The maximum Gasteiger partial charge on any atom is 0.303 e. The number of aromatic nitrogens is 2. The zero-order chi connectivity index (χ0) is 11.7. The predicted octanol–water partition coefficient (Wildman–Crippen LogP) is 2.11. The number of nitrogens with zero attached hydrogens (tertiary/aromatic N) is 2. The molecule has 1 aliphatic heterocycles. The molecule has 0 saturated heterocycles. The monoisotopic (exact) mass is 222 g/mol. The molecule has 0 bridgehead atoms. The van der Waals surface area contributed by atoms with Crippen molar-refractivity contribution in [2.45, 2.75) is 52.0 Å². The Bertz CT molecular complexity index is 409. The number of fused-ring (bicyclic) bond motifs is 1. The van der Waals surface area contributed by atoms with E-state index in [1.165, 1.54) is 12.8 Å². The number of imidazole rings is 1. The van der Waals surface area contributed by atoms with Crippen LogP contribution in [-0.2, 0) is 17.8 Å². The van der Waals surface area contributed by atoms with Gasteiger partial charge in [-0.2, -0.15) is 0 Å². The van der Waals surface area contributed by atoms with Crippen LogP contribution in [0.5, 0.6) is 0 Å². The Balaban J connectivity index is 2.27. The van der Waals surface area contributed by atoms with Crippen molar-refractivity contribution in [3.8, 4) is 0 Å². The van der Waals surface area contributed by atoms with Gasteiger partial charge in [0.1, 0.15) is 5.82 Å². The quantitative estimate of drug-likeness (QED) is 0.852. The molecule has 1 aromatic heterocycles. The Hall–Kier alpha value is -1.32. The number of rotatable bonds is 3. The second kappa shape index (κ2) is 4.28. The van der Waals surface area contributed by atoms with Gasteiger partial charge in [-0.1, -0.05) is 6.92 Å². The minimum absolute atomic E-state index is 0.195. The summed E-state index contributed by atoms with van der Waals surface area (Å²) in [7, 11) is 0. The molecular formula is C12H18N2O2. The highest BCUT2D eigenvalue weighted by Gasteiger charge is 2.22. The smallest absolute Gasteiger partial charge is 0.303 e. The van der Waals surface area contributed by atoms with Crippen molar-refractivity contribution < 1.29 is 9.90 Å². The van der Waals surface area contributed by atoms with Crippen LogP contribution in [0, 0.1) is 6.92 Å². The number of carboxylic acids is 1. The van der Waals surface area contributed by atoms with Gasteiger partial charge in [-0.05, 0) is 26.2 Å². The van der Waals surface area contributed by atoms with Gasteiger partial charge in [0.2, 0.25) is 0 Å². The fourth-order valence-electron chi connectivity index (χ4n) is 2.48. The van der Waals surface area contributed by atoms with Gasteiger partial charge in [0.15, 0.2) is 0 Å². The molecule has 0 amide bonds. The van der Waals surface area contributed by atoms with Gasteiger partial charge in [-0.3, -0.25) is 4.79 Å². The van der Waals surface area contributed by atoms with Crippen LogP contribution in [0.4, 0.5) is 0 Å². The molecule has 1 atom stereocenters. The third kappa shape index (κ3) is 1.96. The van der Waals surface area contributed by atoms with Crippen LogP contribution >= 0.6 is 0 Å². The van der Waals surface area contributed by atoms with Gasteiger partial charge in [-0.15, -0.1) is 0 Å². The molecule has 2 heterocycles. The Kier molecular flexibility index (Phi) is 2.99. The number of carboxylic acid groups (broad SMARTS) is 1. The summed E-state index contributed by atoms with van der Waals surface area (Å²) < 4.78 is 2.23. The molecule has 4 heteroatoms. The minimum atomic E-state index is -0.737. The van der Waals surface area contributed by atoms with Crippen LogP contribution in [-0.4, -0.2) is 20.6 Å². The van der Waals surface area contributed by atoms with Crippen LogP contribution in [0.25, 0.3) is 0 Å². The fourth-order valence-corrected chi connectivity index (χ4v) is 2.48. The highest BCUT2D eigenvalue weighted by Crippen LogP contribution is 2.28. The SMILES string of the molecule is Cc1nc2n(c1CCC(=O)O)CCCC2C. The standard InChI is InChI=1S/C12H18N2O2/c1-8-4-3-7-14-10(5-6-11(15)16)9(2)13-12(8)14/h8H,3-7H2,1-2H3,(H,15,16). The van der Waals surface area contributed by atoms with Gasteiger partial charge in [0, 0.05) is 18.2 Å². The van der Waals surface area contributed by atoms with E-state index in [1.807, 2.05) is 6.92 Å². The molecule has 16 heavy (non-hydrogen) atoms. The Morgan fingerprint density at radius 1 is 1.62 bits per heavy atom. The summed E-state index contributed by atoms with van der Waals surface area (Å²) >= 11 is 0. The van der Waals surface area contributed by atoms with E-state index in [0.29, 0.717) is 12.3 Å². The lowest BCUT2D eigenvalue weighted by atomic mass is 10.0. The summed E-state index contributed by atoms with van der Waals surface area (Å²) in [5.41, 5.74) is 2.12. The van der Waals surface area contributed by atoms with Crippen LogP contribution in [0.2, 0.25) is 0 Å². The van der Waals surface area contributed by atoms with Gasteiger partial charge < -0.3 is 9.67 Å². The van der Waals surface area contributed by atoms with E-state index in [-0.39, 0.29) is 6.42 Å². The maximum atomic E-state index is 10.6. The Morgan fingerprint density at radius 2 is 2.38 bits per heavy atom. The van der Waals surface area contributed by atoms with Crippen molar-refractivity contribution >= 4 is 5.97 Å². The van der Waals surface area contributed by atoms with Gasteiger partial charge in [0.25, 0.3) is 0 Å². The van der Waals surface area contributed by atoms with Crippen LogP contribution in [0.3, 0.4) is 0 Å². The first-order valence-corrected chi connectivity index (χ1v) is 5.87. The third-order valence-electron chi connectivity index (χ3n) is 3.34. The summed E-state index contributed by atoms with van der Waals surface area (Å²) in [6.07, 6.45) is 3.15. The fraction of sp³-hybridized carbons (Fsp3) is 0.667. The highest BCUT2D eigenvalue weighted by molar-refractivity contribution is 5.67. The van der Waals surface area contributed by atoms with Gasteiger partial charge in [0.05, 0.1) is 12.1 Å². The van der Waals surface area contributed by atoms with Crippen molar-refractivity contribution in [2.75, 3.05) is 0 Å². The largest absolute Gasteiger partial charge is 0.481 e. The highest BCUT2D eigenvalue weighted by atomic mass is 16.4. The van der Waals surface area contributed by atoms with Gasteiger partial charge >= 0.3 is 5.97 Å². The molecule has 1 unspecified atom stereocenters. The molecule has 2 rings (SSSR count). The van der Waals surface area contributed by atoms with Crippen molar-refractivity contribution in [2.24, 2.45) is 0 Å². The van der Waals surface area contributed by atoms with Crippen LogP contribution < -0.4 is 0 Å². The summed E-state index contributed by atoms with van der Waals surface area (Å²) in [5.74, 6) is 0.911. The number of hydrogen-bond donors (Lipinski definition) is 1. The third-order valence-corrected chi connectivity index (χ3v) is 3.34. The van der Waals surface area contributed by atoms with Crippen molar-refractivity contribution in [1.82, 2.24) is 9.55 Å². The summed E-state index contributed by atoms with van der Waals surface area (Å²) in [4.78, 5) is 15.2. The van der Waals surface area contributed by atoms with E-state index < -0.39 is 5.97 Å². The minimum Gasteiger partial charge on any atom is -0.481 e. The molecule has 0 aliphatic carbocycles. The van der Waals surface area contributed by atoms with Crippen LogP contribution in [0.15, 0.2) is 0 Å². The average molecular weight is 222 g/mol. The summed E-state index contributed by atoms with van der Waals surface area (Å²) in [6, 6.07) is 0. The first-order chi connectivity index (χ1) is 7.59. The Morgan fingerprint density at radius 3 is 3.06 bits per heavy atom. The molecule has 0 saturated carbocycles. The topological polar surface area (TPSA) is 55.1 Å². The van der Waals surface area contributed by atoms with E-state index in [4.69, 9.17) is 5.11 Å². The lowest BCUT2D eigenvalue weighted by Crippen LogP contribution is -2.16. The Labute approximate surface area is 95.3 Å². The van der Waals surface area contributed by atoms with Crippen LogP contribution in [0.1, 0.15) is 49.3 Å². The first-order valence-electron chi connectivity index (χ1n) is 5.87. The second-order valence-electron chi connectivity index (χ2n) is 4.59. The van der Waals surface area contributed by atoms with Crippen molar-refractivity contribution in [1.29, 1.82) is 0 Å². The van der Waals surface area contributed by atoms with E-state index in [1.54, 1.807) is 0 Å². The summed E-state index contributed by atoms with van der Waals surface area (Å²) in [6.45, 7) is 5.17. The zero-order valence-corrected chi connectivity index (χ0v) is 9.86. The number of hydrogen-bond acceptors (Lipinski definition) is 2. The van der Waals surface area contributed by atoms with E-state index in [9.17, 15) is 4.79 Å². The molecule has 0 spiro atoms. The van der Waals surface area contributed by atoms with E-state index >= 15 is 0 Å². The molecule has 0 aromatic carbocycles. The number of aliphatic carboxylic acids is 1. The van der Waals surface area contributed by atoms with E-state index in [2.05, 4.69) is 16.5 Å². The summed E-state index contributed by atoms with van der Waals surface area (Å²) in [5, 5.41) is 8.73. The molecule has 1 N–H and O–H groups in total. The molecular weight excluding hydrogens is 204 g/mol. The molecule has 0 fully saturated rings.